The van der Waals surface area contributed by atoms with Gasteiger partial charge in [0.1, 0.15) is 17.9 Å². The van der Waals surface area contributed by atoms with Crippen LogP contribution in [-0.2, 0) is 19.1 Å². The highest BCUT2D eigenvalue weighted by Crippen LogP contribution is 2.39. The molecule has 0 radical (unpaired) electrons. The van der Waals surface area contributed by atoms with Crippen molar-refractivity contribution < 1.29 is 33.7 Å². The average Bonchev–Trinajstić information content (AvgIpc) is 4.18. The number of ether oxygens (including phenoxy) is 1. The minimum atomic E-state index is -1.83. The molecule has 0 saturated heterocycles. The lowest BCUT2D eigenvalue weighted by atomic mass is 9.94. The zero-order valence-electron chi connectivity index (χ0n) is 42.9. The third kappa shape index (κ3) is 13.7. The number of esters is 1. The number of carbonyl (C=O) groups excluding carboxylic acids is 3. The van der Waals surface area contributed by atoms with Gasteiger partial charge in [-0.2, -0.15) is 0 Å². The van der Waals surface area contributed by atoms with Crippen LogP contribution >= 0.6 is 0 Å². The van der Waals surface area contributed by atoms with Crippen molar-refractivity contribution in [1.82, 2.24) is 29.7 Å². The van der Waals surface area contributed by atoms with Gasteiger partial charge in [-0.25, -0.2) is 4.39 Å². The summed E-state index contributed by atoms with van der Waals surface area (Å²) in [5.74, 6) is -2.18. The molecule has 7 rings (SSSR count). The van der Waals surface area contributed by atoms with E-state index < -0.39 is 59.7 Å². The second kappa shape index (κ2) is 23.6. The van der Waals surface area contributed by atoms with Crippen molar-refractivity contribution in [2.45, 2.75) is 130 Å². The number of benzene rings is 2. The van der Waals surface area contributed by atoms with E-state index in [1.54, 1.807) is 70.7 Å². The highest BCUT2D eigenvalue weighted by Gasteiger charge is 2.32. The zero-order chi connectivity index (χ0) is 52.7. The number of carbonyl (C=O) groups is 3. The Morgan fingerprint density at radius 3 is 1.77 bits per heavy atom. The summed E-state index contributed by atoms with van der Waals surface area (Å²) in [6.07, 6.45) is 9.68. The molecule has 0 aliphatic heterocycles. The number of hydrogen-bond acceptors (Lipinski definition) is 10. The monoisotopic (exact) mass is 995 g/mol. The van der Waals surface area contributed by atoms with Crippen molar-refractivity contribution in [3.63, 3.8) is 0 Å². The first-order chi connectivity index (χ1) is 34.8. The van der Waals surface area contributed by atoms with E-state index in [-0.39, 0.29) is 43.2 Å². The predicted molar refractivity (Wildman–Crippen MR) is 278 cm³/mol. The van der Waals surface area contributed by atoms with Crippen LogP contribution in [0.4, 0.5) is 4.39 Å². The topological polar surface area (TPSA) is 195 Å². The minimum Gasteiger partial charge on any atom is -0.465 e. The number of aliphatic hydroxyl groups excluding tert-OH is 1. The minimum absolute atomic E-state index is 0.0236. The van der Waals surface area contributed by atoms with Crippen LogP contribution in [0, 0.1) is 52.3 Å². The maximum absolute atomic E-state index is 14.5. The van der Waals surface area contributed by atoms with Crippen molar-refractivity contribution >= 4 is 17.8 Å². The van der Waals surface area contributed by atoms with Gasteiger partial charge in [0.2, 0.25) is 11.8 Å². The summed E-state index contributed by atoms with van der Waals surface area (Å²) in [4.78, 5) is 79.2. The summed E-state index contributed by atoms with van der Waals surface area (Å²) in [5.41, 5.74) is 8.49. The molecule has 4 N–H and O–H groups in total. The summed E-state index contributed by atoms with van der Waals surface area (Å²) < 4.78 is 22.9. The number of hydrogen-bond donors (Lipinski definition) is 4. The van der Waals surface area contributed by atoms with E-state index in [1.807, 2.05) is 58.0 Å². The van der Waals surface area contributed by atoms with Crippen LogP contribution in [-0.4, -0.2) is 60.0 Å². The van der Waals surface area contributed by atoms with E-state index in [4.69, 9.17) is 4.74 Å². The number of nitrogens with one attached hydrogen (secondary N) is 2. The van der Waals surface area contributed by atoms with Crippen LogP contribution in [0.25, 0.3) is 22.3 Å². The quantitative estimate of drug-likeness (QED) is 0.0400. The Labute approximate surface area is 425 Å². The van der Waals surface area contributed by atoms with Crippen molar-refractivity contribution in [3.05, 3.63) is 175 Å². The summed E-state index contributed by atoms with van der Waals surface area (Å²) in [6, 6.07) is 15.2. The molecule has 1 aliphatic carbocycles. The number of amides is 2. The van der Waals surface area contributed by atoms with Crippen LogP contribution in [0.3, 0.4) is 0 Å². The van der Waals surface area contributed by atoms with E-state index in [0.29, 0.717) is 45.7 Å². The summed E-state index contributed by atoms with van der Waals surface area (Å²) >= 11 is 0. The maximum Gasteiger partial charge on any atom is 0.308 e. The largest absolute Gasteiger partial charge is 0.465 e. The van der Waals surface area contributed by atoms with Crippen LogP contribution in [0.2, 0.25) is 0 Å². The molecule has 6 aromatic rings. The molecule has 0 spiro atoms. The fourth-order valence-corrected chi connectivity index (χ4v) is 9.81. The van der Waals surface area contributed by atoms with Crippen molar-refractivity contribution in [2.24, 2.45) is 11.8 Å². The average molecular weight is 995 g/mol. The second-order valence-corrected chi connectivity index (χ2v) is 20.4. The van der Waals surface area contributed by atoms with Crippen LogP contribution in [0.1, 0.15) is 134 Å². The van der Waals surface area contributed by atoms with Gasteiger partial charge in [0.15, 0.2) is 6.29 Å². The lowest BCUT2D eigenvalue weighted by Crippen LogP contribution is -2.41. The summed E-state index contributed by atoms with van der Waals surface area (Å²) in [7, 11) is 0. The van der Waals surface area contributed by atoms with Crippen LogP contribution in [0.15, 0.2) is 114 Å². The molecule has 14 nitrogen and oxygen atoms in total. The standard InChI is InChI=1S/C58H67FN6O8/c1-33(2)18-49(65-17-15-41(25-52(65)67)40-12-13-40)57(71)63-48(43-24-44(30-61-29-43)55-36(5)10-9-11-37(55)6)27-54(70)73-32-35(4)19-50(64-16-14-34(3)20-51(64)66)58(72)62-47(26-53(68)69)42-23-45(31-60-28-42)56-38(7)21-46(59)22-39(56)8/h9-11,14-17,20-25,28-31,33,35,40,47-50,53,68-69H,12-13,18-19,26-27,32H2,1-8H3,(H,62,72)(H,63,71)/t35?,47-,48-,49?,50-/m0/s1. The molecule has 4 heterocycles. The van der Waals surface area contributed by atoms with Crippen LogP contribution in [0.5, 0.6) is 0 Å². The first-order valence-corrected chi connectivity index (χ1v) is 25.0. The molecular weight excluding hydrogens is 928 g/mol. The Morgan fingerprint density at radius 2 is 1.22 bits per heavy atom. The van der Waals surface area contributed by atoms with Gasteiger partial charge in [-0.1, -0.05) is 39.0 Å². The maximum atomic E-state index is 14.5. The number of halogens is 1. The number of pyridine rings is 4. The molecule has 2 unspecified atom stereocenters. The van der Waals surface area contributed by atoms with Gasteiger partial charge in [-0.3, -0.25) is 33.9 Å². The lowest BCUT2D eigenvalue weighted by Gasteiger charge is -2.27. The molecule has 1 aliphatic rings. The molecule has 73 heavy (non-hydrogen) atoms. The first kappa shape index (κ1) is 53.7. The smallest absolute Gasteiger partial charge is 0.308 e. The van der Waals surface area contributed by atoms with Crippen molar-refractivity contribution in [2.75, 3.05) is 6.61 Å². The molecule has 5 atom stereocenters. The number of aliphatic hydroxyl groups is 2. The van der Waals surface area contributed by atoms with Gasteiger partial charge in [0, 0.05) is 66.9 Å². The van der Waals surface area contributed by atoms with E-state index in [2.05, 4.69) is 20.6 Å². The van der Waals surface area contributed by atoms with E-state index >= 15 is 0 Å². The van der Waals surface area contributed by atoms with Gasteiger partial charge < -0.3 is 34.7 Å². The van der Waals surface area contributed by atoms with E-state index in [9.17, 15) is 38.6 Å². The molecule has 4 aromatic heterocycles. The predicted octanol–water partition coefficient (Wildman–Crippen LogP) is 8.90. The summed E-state index contributed by atoms with van der Waals surface area (Å²) in [5, 5.41) is 26.5. The number of aromatic nitrogens is 4. The van der Waals surface area contributed by atoms with Gasteiger partial charge in [-0.15, -0.1) is 0 Å². The number of rotatable bonds is 21. The Kier molecular flexibility index (Phi) is 17.4. The van der Waals surface area contributed by atoms with Crippen LogP contribution < -0.4 is 21.8 Å². The molecule has 0 bridgehead atoms. The van der Waals surface area contributed by atoms with Gasteiger partial charge in [-0.05, 0) is 170 Å². The Bertz CT molecular complexity index is 3050. The Hall–Kier alpha value is -7.10. The zero-order valence-corrected chi connectivity index (χ0v) is 42.9. The van der Waals surface area contributed by atoms with Crippen molar-refractivity contribution in [1.29, 1.82) is 0 Å². The Balaban J connectivity index is 1.13. The molecule has 15 heteroatoms. The van der Waals surface area contributed by atoms with Gasteiger partial charge >= 0.3 is 5.97 Å². The third-order valence-electron chi connectivity index (χ3n) is 13.6. The normalized spacial score (nSPS) is 14.6. The SMILES string of the molecule is Cc1ccn([C@@H](CC(C)COC(=O)C[C@H](NC(=O)C(CC(C)C)n2ccc(C3CC3)cc2=O)c2cncc(-c3c(C)cccc3C)c2)C(=O)N[C@@H](CC(O)O)c2cncc(-c3c(C)cc(F)cc3C)c2)c(=O)c1. The molecule has 384 valence electrons. The van der Waals surface area contributed by atoms with E-state index in [1.165, 1.54) is 39.7 Å². The highest BCUT2D eigenvalue weighted by molar-refractivity contribution is 5.82. The molecule has 1 fully saturated rings. The van der Waals surface area contributed by atoms with Gasteiger partial charge in [0.25, 0.3) is 11.1 Å². The molecule has 2 amide bonds. The lowest BCUT2D eigenvalue weighted by molar-refractivity contribution is -0.145. The highest BCUT2D eigenvalue weighted by atomic mass is 19.1. The van der Waals surface area contributed by atoms with E-state index in [0.717, 1.165) is 46.2 Å². The molecular formula is C58H67FN6O8. The van der Waals surface area contributed by atoms with Gasteiger partial charge in [0.05, 0.1) is 25.1 Å². The summed E-state index contributed by atoms with van der Waals surface area (Å²) in [6.45, 7) is 14.9. The number of aryl methyl sites for hydroxylation is 5. The first-order valence-electron chi connectivity index (χ1n) is 25.0. The molecule has 1 saturated carbocycles. The third-order valence-corrected chi connectivity index (χ3v) is 13.6. The number of nitrogens with zero attached hydrogens (tertiary/aromatic N) is 4. The second-order valence-electron chi connectivity index (χ2n) is 20.4. The molecule has 2 aromatic carbocycles. The van der Waals surface area contributed by atoms with Crippen molar-refractivity contribution in [3.8, 4) is 22.3 Å². The fourth-order valence-electron chi connectivity index (χ4n) is 9.81. The Morgan fingerprint density at radius 1 is 0.685 bits per heavy atom. The fraction of sp³-hybridized carbons (Fsp3) is 0.397.